The molecule has 0 spiro atoms. The lowest BCUT2D eigenvalue weighted by Gasteiger charge is -2.23. The first-order chi connectivity index (χ1) is 22.2. The molecular weight excluding hydrogens is 614 g/mol. The fourth-order valence-corrected chi connectivity index (χ4v) is 4.11. The topological polar surface area (TPSA) is 177 Å². The minimum absolute atomic E-state index is 0.0176. The van der Waals surface area contributed by atoms with Gasteiger partial charge in [-0.25, -0.2) is 0 Å². The Kier molecular flexibility index (Phi) is 25.8. The van der Waals surface area contributed by atoms with Crippen LogP contribution in [0.4, 0.5) is 0 Å². The zero-order valence-electron chi connectivity index (χ0n) is 29.7. The van der Waals surface area contributed by atoms with Gasteiger partial charge in [0.15, 0.2) is 12.0 Å². The first-order valence-corrected chi connectivity index (χ1v) is 16.7. The molecule has 0 saturated heterocycles. The summed E-state index contributed by atoms with van der Waals surface area (Å²) in [5, 5.41) is 8.73. The highest BCUT2D eigenvalue weighted by atomic mass is 16.6. The molecule has 0 aliphatic carbocycles. The van der Waals surface area contributed by atoms with E-state index in [2.05, 4.69) is 29.8 Å². The highest BCUT2D eigenvalue weighted by Crippen LogP contribution is 2.18. The fraction of sp³-hybridized carbons (Fsp3) is 0.848. The number of Topliss-reactive ketones (excluding diaryl/α,β-unsaturated/α-hetero) is 1. The minimum Gasteiger partial charge on any atom is -0.460 e. The summed E-state index contributed by atoms with van der Waals surface area (Å²) in [6, 6.07) is 0.406. The largest absolute Gasteiger partial charge is 0.460 e. The van der Waals surface area contributed by atoms with Crippen LogP contribution < -0.4 is 16.0 Å². The first-order valence-electron chi connectivity index (χ1n) is 16.7. The van der Waals surface area contributed by atoms with Crippen molar-refractivity contribution in [1.29, 1.82) is 0 Å². The van der Waals surface area contributed by atoms with E-state index in [0.29, 0.717) is 44.9 Å². The molecule has 0 fully saturated rings. The van der Waals surface area contributed by atoms with Crippen LogP contribution in [0, 0.1) is 11.8 Å². The van der Waals surface area contributed by atoms with Crippen molar-refractivity contribution >= 4 is 30.0 Å². The van der Waals surface area contributed by atoms with Gasteiger partial charge >= 0.3 is 5.97 Å². The Labute approximate surface area is 281 Å². The summed E-state index contributed by atoms with van der Waals surface area (Å²) < 4.78 is 31.8. The Morgan fingerprint density at radius 3 is 2.02 bits per heavy atom. The van der Waals surface area contributed by atoms with Gasteiger partial charge in [0.25, 0.3) is 6.47 Å². The molecule has 0 saturated carbocycles. The Hall–Kier alpha value is -2.65. The van der Waals surface area contributed by atoms with Crippen molar-refractivity contribution in [3.05, 3.63) is 0 Å². The molecule has 14 nitrogen and oxygen atoms in total. The Morgan fingerprint density at radius 2 is 1.40 bits per heavy atom. The van der Waals surface area contributed by atoms with E-state index < -0.39 is 23.7 Å². The monoisotopic (exact) mass is 675 g/mol. The number of amides is 2. The molecule has 0 aromatic rings. The fourth-order valence-electron chi connectivity index (χ4n) is 4.11. The average molecular weight is 676 g/mol. The lowest BCUT2D eigenvalue weighted by atomic mass is 9.91. The second-order valence-corrected chi connectivity index (χ2v) is 12.8. The van der Waals surface area contributed by atoms with Gasteiger partial charge in [-0.2, -0.15) is 0 Å². The minimum atomic E-state index is -0.686. The van der Waals surface area contributed by atoms with Crippen LogP contribution in [0.15, 0.2) is 0 Å². The summed E-state index contributed by atoms with van der Waals surface area (Å²) in [5.41, 5.74) is -0.601. The predicted octanol–water partition coefficient (Wildman–Crippen LogP) is 2.31. The van der Waals surface area contributed by atoms with E-state index in [9.17, 15) is 24.0 Å². The summed E-state index contributed by atoms with van der Waals surface area (Å²) in [7, 11) is 0. The number of nitrogens with one attached hydrogen (secondary N) is 3. The average Bonchev–Trinajstić information content (AvgIpc) is 2.97. The van der Waals surface area contributed by atoms with Crippen molar-refractivity contribution < 1.29 is 52.4 Å². The molecule has 2 atom stereocenters. The van der Waals surface area contributed by atoms with Crippen LogP contribution in [0.25, 0.3) is 0 Å². The van der Waals surface area contributed by atoms with E-state index in [4.69, 9.17) is 28.4 Å². The number of carbonyl (C=O) groups excluding carboxylic acids is 5. The van der Waals surface area contributed by atoms with E-state index in [1.54, 1.807) is 20.8 Å². The molecule has 0 heterocycles. The Morgan fingerprint density at radius 1 is 0.766 bits per heavy atom. The summed E-state index contributed by atoms with van der Waals surface area (Å²) in [6.45, 7) is 16.2. The smallest absolute Gasteiger partial charge is 0.307 e. The molecular formula is C33H61N3O11. The number of unbranched alkanes of at least 4 members (excludes halogenated alkanes) is 1. The van der Waals surface area contributed by atoms with Crippen molar-refractivity contribution in [1.82, 2.24) is 16.0 Å². The van der Waals surface area contributed by atoms with Gasteiger partial charge in [0.2, 0.25) is 11.8 Å². The Bertz CT molecular complexity index is 878. The van der Waals surface area contributed by atoms with E-state index in [-0.39, 0.29) is 76.2 Å². The van der Waals surface area contributed by atoms with Crippen LogP contribution in [0.3, 0.4) is 0 Å². The summed E-state index contributed by atoms with van der Waals surface area (Å²) >= 11 is 0. The maximum atomic E-state index is 12.5. The second kappa shape index (κ2) is 27.3. The summed E-state index contributed by atoms with van der Waals surface area (Å²) in [5.74, 6) is -1.57. The van der Waals surface area contributed by atoms with Crippen LogP contribution in [0.5, 0.6) is 0 Å². The van der Waals surface area contributed by atoms with Gasteiger partial charge in [-0.05, 0) is 52.5 Å². The lowest BCUT2D eigenvalue weighted by Crippen LogP contribution is -2.39. The van der Waals surface area contributed by atoms with Gasteiger partial charge in [0, 0.05) is 32.0 Å². The van der Waals surface area contributed by atoms with Gasteiger partial charge in [0.05, 0.1) is 45.4 Å². The molecule has 274 valence electrons. The van der Waals surface area contributed by atoms with Crippen molar-refractivity contribution in [2.75, 3.05) is 65.9 Å². The summed E-state index contributed by atoms with van der Waals surface area (Å²) in [4.78, 5) is 59.4. The number of hydrogen-bond donors (Lipinski definition) is 3. The van der Waals surface area contributed by atoms with Gasteiger partial charge in [-0.15, -0.1) is 0 Å². The standard InChI is InChI=1S/C33H61N3O11/c1-25(2)28(21-31(40)47-33(5,6)7)32(41)35-14-16-43-18-19-44-22-27(38)11-10-15-42-17-20-45-23-29(39)36-30(46-24-37)12-8-9-13-34-26(3)4/h24-26,28,30,34H,8-23H2,1-7H3,(H,35,41)(H,36,39). The number of ketones is 1. The molecule has 0 radical (unpaired) electrons. The summed E-state index contributed by atoms with van der Waals surface area (Å²) in [6.07, 6.45) is 2.38. The first kappa shape index (κ1) is 44.4. The second-order valence-electron chi connectivity index (χ2n) is 12.8. The van der Waals surface area contributed by atoms with Crippen molar-refractivity contribution in [2.45, 2.75) is 105 Å². The van der Waals surface area contributed by atoms with Crippen LogP contribution in [0.1, 0.15) is 87.0 Å². The van der Waals surface area contributed by atoms with Gasteiger partial charge in [-0.3, -0.25) is 24.0 Å². The van der Waals surface area contributed by atoms with Crippen molar-refractivity contribution in [3.8, 4) is 0 Å². The van der Waals surface area contributed by atoms with Gasteiger partial charge < -0.3 is 44.4 Å². The maximum Gasteiger partial charge on any atom is 0.307 e. The highest BCUT2D eigenvalue weighted by Gasteiger charge is 2.27. The highest BCUT2D eigenvalue weighted by molar-refractivity contribution is 5.84. The zero-order valence-corrected chi connectivity index (χ0v) is 29.7. The van der Waals surface area contributed by atoms with E-state index in [1.165, 1.54) is 0 Å². The van der Waals surface area contributed by atoms with E-state index >= 15 is 0 Å². The Balaban J connectivity index is 3.79. The van der Waals surface area contributed by atoms with E-state index in [1.807, 2.05) is 13.8 Å². The van der Waals surface area contributed by atoms with Gasteiger partial charge in [-0.1, -0.05) is 27.7 Å². The normalized spacial score (nSPS) is 12.9. The number of esters is 1. The molecule has 0 aromatic heterocycles. The number of ether oxygens (including phenoxy) is 6. The molecule has 2 amide bonds. The molecule has 2 unspecified atom stereocenters. The van der Waals surface area contributed by atoms with Crippen LogP contribution in [0.2, 0.25) is 0 Å². The quantitative estimate of drug-likeness (QED) is 0.0439. The number of hydrogen-bond acceptors (Lipinski definition) is 12. The zero-order chi connectivity index (χ0) is 35.5. The third kappa shape index (κ3) is 28.1. The molecule has 0 aliphatic rings. The molecule has 14 heteroatoms. The van der Waals surface area contributed by atoms with Crippen molar-refractivity contribution in [3.63, 3.8) is 0 Å². The lowest BCUT2D eigenvalue weighted by molar-refractivity contribution is -0.158. The molecule has 0 aromatic carbocycles. The van der Waals surface area contributed by atoms with Gasteiger partial charge in [0.1, 0.15) is 18.8 Å². The van der Waals surface area contributed by atoms with Crippen LogP contribution in [-0.2, 0) is 52.4 Å². The molecule has 47 heavy (non-hydrogen) atoms. The predicted molar refractivity (Wildman–Crippen MR) is 175 cm³/mol. The molecule has 0 aliphatic heterocycles. The number of carbonyl (C=O) groups is 5. The maximum absolute atomic E-state index is 12.5. The SMILES string of the molecule is CC(C)NCCCCC(NC(=O)COCCOCCCC(=O)COCCOCCNC(=O)C(CC(=O)OC(C)(C)C)C(C)C)OC=O. The number of rotatable bonds is 30. The third-order valence-corrected chi connectivity index (χ3v) is 6.47. The van der Waals surface area contributed by atoms with E-state index in [0.717, 1.165) is 19.4 Å². The molecule has 0 bridgehead atoms. The van der Waals surface area contributed by atoms with Crippen molar-refractivity contribution in [2.24, 2.45) is 11.8 Å². The van der Waals surface area contributed by atoms with Crippen LogP contribution in [-0.4, -0.2) is 114 Å². The molecule has 0 rings (SSSR count). The molecule has 3 N–H and O–H groups in total. The van der Waals surface area contributed by atoms with Crippen LogP contribution >= 0.6 is 0 Å². The third-order valence-electron chi connectivity index (χ3n) is 6.47.